The first-order valence-corrected chi connectivity index (χ1v) is 7.53. The van der Waals surface area contributed by atoms with Crippen molar-refractivity contribution >= 4 is 0 Å². The van der Waals surface area contributed by atoms with Crippen molar-refractivity contribution < 1.29 is 9.84 Å². The summed E-state index contributed by atoms with van der Waals surface area (Å²) in [6.07, 6.45) is 0. The van der Waals surface area contributed by atoms with E-state index >= 15 is 0 Å². The van der Waals surface area contributed by atoms with Crippen molar-refractivity contribution in [3.8, 4) is 5.75 Å². The van der Waals surface area contributed by atoms with Gasteiger partial charge in [-0.1, -0.05) is 39.8 Å². The molecule has 0 saturated carbocycles. The van der Waals surface area contributed by atoms with Gasteiger partial charge in [-0.15, -0.1) is 0 Å². The molecule has 0 aliphatic heterocycles. The first-order valence-electron chi connectivity index (χ1n) is 7.53. The van der Waals surface area contributed by atoms with Crippen molar-refractivity contribution in [1.82, 2.24) is 5.32 Å². The van der Waals surface area contributed by atoms with Crippen LogP contribution < -0.4 is 10.1 Å². The van der Waals surface area contributed by atoms with Crippen LogP contribution in [0.15, 0.2) is 24.3 Å². The third-order valence-corrected chi connectivity index (χ3v) is 3.43. The van der Waals surface area contributed by atoms with Crippen LogP contribution in [0, 0.1) is 11.8 Å². The van der Waals surface area contributed by atoms with E-state index in [1.165, 1.54) is 5.56 Å². The van der Waals surface area contributed by atoms with Gasteiger partial charge in [0.05, 0.1) is 13.2 Å². The summed E-state index contributed by atoms with van der Waals surface area (Å²) in [4.78, 5) is 0. The van der Waals surface area contributed by atoms with E-state index in [1.807, 2.05) is 12.1 Å². The summed E-state index contributed by atoms with van der Waals surface area (Å²) in [7, 11) is 0. The third-order valence-electron chi connectivity index (χ3n) is 3.43. The molecule has 0 bridgehead atoms. The lowest BCUT2D eigenvalue weighted by Gasteiger charge is -2.25. The summed E-state index contributed by atoms with van der Waals surface area (Å²) in [5.74, 6) is 1.86. The standard InChI is InChI=1S/C17H29NO2/c1-12(2)11-20-16-8-6-15(7-9-16)14(5)18-17(10-19)13(3)4/h6-9,12-14,17-19H,10-11H2,1-5H3/t14?,17-/m1/s1. The van der Waals surface area contributed by atoms with Crippen LogP contribution in [0.25, 0.3) is 0 Å². The van der Waals surface area contributed by atoms with E-state index in [4.69, 9.17) is 4.74 Å². The van der Waals surface area contributed by atoms with Gasteiger partial charge in [0.15, 0.2) is 0 Å². The van der Waals surface area contributed by atoms with E-state index in [9.17, 15) is 5.11 Å². The van der Waals surface area contributed by atoms with Crippen molar-refractivity contribution in [2.45, 2.75) is 46.7 Å². The predicted molar refractivity (Wildman–Crippen MR) is 84.0 cm³/mol. The topological polar surface area (TPSA) is 41.5 Å². The Bertz CT molecular complexity index is 373. The lowest BCUT2D eigenvalue weighted by atomic mass is 10.0. The second-order valence-electron chi connectivity index (χ2n) is 6.20. The molecule has 0 heterocycles. The van der Waals surface area contributed by atoms with Gasteiger partial charge in [-0.2, -0.15) is 0 Å². The van der Waals surface area contributed by atoms with Gasteiger partial charge < -0.3 is 15.2 Å². The fourth-order valence-corrected chi connectivity index (χ4v) is 1.99. The second kappa shape index (κ2) is 8.28. The summed E-state index contributed by atoms with van der Waals surface area (Å²) < 4.78 is 5.68. The highest BCUT2D eigenvalue weighted by Gasteiger charge is 2.15. The molecule has 1 aromatic rings. The summed E-state index contributed by atoms with van der Waals surface area (Å²) in [5.41, 5.74) is 1.21. The Morgan fingerprint density at radius 1 is 1.05 bits per heavy atom. The molecule has 0 amide bonds. The monoisotopic (exact) mass is 279 g/mol. The lowest BCUT2D eigenvalue weighted by Crippen LogP contribution is -2.38. The quantitative estimate of drug-likeness (QED) is 0.766. The minimum Gasteiger partial charge on any atom is -0.493 e. The molecular formula is C17H29NO2. The number of rotatable bonds is 8. The highest BCUT2D eigenvalue weighted by atomic mass is 16.5. The Morgan fingerprint density at radius 3 is 2.10 bits per heavy atom. The van der Waals surface area contributed by atoms with Crippen LogP contribution in [-0.4, -0.2) is 24.4 Å². The average molecular weight is 279 g/mol. The Labute approximate surface area is 123 Å². The van der Waals surface area contributed by atoms with Gasteiger partial charge >= 0.3 is 0 Å². The van der Waals surface area contributed by atoms with Gasteiger partial charge in [0.25, 0.3) is 0 Å². The van der Waals surface area contributed by atoms with Crippen molar-refractivity contribution in [2.24, 2.45) is 11.8 Å². The number of aliphatic hydroxyl groups is 1. The zero-order valence-corrected chi connectivity index (χ0v) is 13.4. The van der Waals surface area contributed by atoms with Crippen LogP contribution >= 0.6 is 0 Å². The SMILES string of the molecule is CC(C)COc1ccc(C(C)N[C@H](CO)C(C)C)cc1. The summed E-state index contributed by atoms with van der Waals surface area (Å²) in [5, 5.41) is 12.8. The molecule has 0 radical (unpaired) electrons. The minimum absolute atomic E-state index is 0.127. The van der Waals surface area contributed by atoms with Crippen LogP contribution in [0.2, 0.25) is 0 Å². The van der Waals surface area contributed by atoms with Gasteiger partial charge in [0.1, 0.15) is 5.75 Å². The first kappa shape index (κ1) is 17.0. The molecule has 2 atom stereocenters. The molecular weight excluding hydrogens is 250 g/mol. The number of ether oxygens (including phenoxy) is 1. The Kier molecular flexibility index (Phi) is 7.03. The fraction of sp³-hybridized carbons (Fsp3) is 0.647. The molecule has 1 aromatic carbocycles. The van der Waals surface area contributed by atoms with Gasteiger partial charge in [0.2, 0.25) is 0 Å². The predicted octanol–water partition coefficient (Wildman–Crippen LogP) is 3.39. The fourth-order valence-electron chi connectivity index (χ4n) is 1.99. The number of benzene rings is 1. The molecule has 1 rings (SSSR count). The van der Waals surface area contributed by atoms with Crippen molar-refractivity contribution in [1.29, 1.82) is 0 Å². The number of aliphatic hydroxyl groups excluding tert-OH is 1. The maximum absolute atomic E-state index is 9.38. The molecule has 0 aromatic heterocycles. The van der Waals surface area contributed by atoms with Crippen LogP contribution in [0.1, 0.15) is 46.2 Å². The molecule has 3 heteroatoms. The molecule has 0 fully saturated rings. The number of hydrogen-bond acceptors (Lipinski definition) is 3. The minimum atomic E-state index is 0.127. The Morgan fingerprint density at radius 2 is 1.65 bits per heavy atom. The smallest absolute Gasteiger partial charge is 0.119 e. The summed E-state index contributed by atoms with van der Waals surface area (Å²) in [6, 6.07) is 8.54. The van der Waals surface area contributed by atoms with Gasteiger partial charge in [-0.25, -0.2) is 0 Å². The van der Waals surface area contributed by atoms with E-state index in [2.05, 4.69) is 52.1 Å². The maximum atomic E-state index is 9.38. The van der Waals surface area contributed by atoms with Gasteiger partial charge in [-0.3, -0.25) is 0 Å². The van der Waals surface area contributed by atoms with E-state index in [0.717, 1.165) is 12.4 Å². The van der Waals surface area contributed by atoms with Crippen LogP contribution in [0.3, 0.4) is 0 Å². The number of hydrogen-bond donors (Lipinski definition) is 2. The Hall–Kier alpha value is -1.06. The third kappa shape index (κ3) is 5.51. The van der Waals surface area contributed by atoms with Crippen LogP contribution in [-0.2, 0) is 0 Å². The first-order chi connectivity index (χ1) is 9.43. The second-order valence-corrected chi connectivity index (χ2v) is 6.20. The van der Waals surface area contributed by atoms with Crippen LogP contribution in [0.4, 0.5) is 0 Å². The molecule has 114 valence electrons. The van der Waals surface area contributed by atoms with E-state index in [-0.39, 0.29) is 18.7 Å². The molecule has 1 unspecified atom stereocenters. The van der Waals surface area contributed by atoms with Crippen molar-refractivity contribution in [3.05, 3.63) is 29.8 Å². The highest BCUT2D eigenvalue weighted by molar-refractivity contribution is 5.29. The van der Waals surface area contributed by atoms with E-state index in [1.54, 1.807) is 0 Å². The molecule has 0 aliphatic rings. The molecule has 0 spiro atoms. The maximum Gasteiger partial charge on any atom is 0.119 e. The molecule has 3 nitrogen and oxygen atoms in total. The number of nitrogens with one attached hydrogen (secondary N) is 1. The van der Waals surface area contributed by atoms with Crippen molar-refractivity contribution in [3.63, 3.8) is 0 Å². The largest absolute Gasteiger partial charge is 0.493 e. The zero-order valence-electron chi connectivity index (χ0n) is 13.4. The molecule has 0 saturated heterocycles. The highest BCUT2D eigenvalue weighted by Crippen LogP contribution is 2.19. The summed E-state index contributed by atoms with van der Waals surface area (Å²) in [6.45, 7) is 11.5. The molecule has 20 heavy (non-hydrogen) atoms. The summed E-state index contributed by atoms with van der Waals surface area (Å²) >= 11 is 0. The lowest BCUT2D eigenvalue weighted by molar-refractivity contribution is 0.201. The van der Waals surface area contributed by atoms with E-state index in [0.29, 0.717) is 11.8 Å². The Balaban J connectivity index is 2.58. The zero-order chi connectivity index (χ0) is 15.1. The van der Waals surface area contributed by atoms with Gasteiger partial charge in [-0.05, 0) is 36.5 Å². The molecule has 2 N–H and O–H groups in total. The van der Waals surface area contributed by atoms with Crippen molar-refractivity contribution in [2.75, 3.05) is 13.2 Å². The molecule has 0 aliphatic carbocycles. The average Bonchev–Trinajstić information content (AvgIpc) is 2.42. The normalized spacial score (nSPS) is 14.6. The van der Waals surface area contributed by atoms with Gasteiger partial charge in [0, 0.05) is 12.1 Å². The van der Waals surface area contributed by atoms with E-state index < -0.39 is 0 Å². The van der Waals surface area contributed by atoms with Crippen LogP contribution in [0.5, 0.6) is 5.75 Å².